The van der Waals surface area contributed by atoms with Gasteiger partial charge in [-0.3, -0.25) is 10.0 Å². The molecule has 0 bridgehead atoms. The van der Waals surface area contributed by atoms with Crippen LogP contribution in [0.2, 0.25) is 0 Å². The quantitative estimate of drug-likeness (QED) is 0.870. The van der Waals surface area contributed by atoms with Crippen LogP contribution < -0.4 is 10.6 Å². The fourth-order valence-electron chi connectivity index (χ4n) is 2.21. The van der Waals surface area contributed by atoms with E-state index in [-0.39, 0.29) is 0 Å². The number of amidine groups is 1. The van der Waals surface area contributed by atoms with E-state index in [4.69, 9.17) is 10.6 Å². The summed E-state index contributed by atoms with van der Waals surface area (Å²) in [6.45, 7) is 3.51. The summed E-state index contributed by atoms with van der Waals surface area (Å²) in [5.41, 5.74) is 2.07. The summed E-state index contributed by atoms with van der Waals surface area (Å²) in [5.74, 6) is 8.34. The average molecular weight is 267 g/mol. The van der Waals surface area contributed by atoms with Crippen molar-refractivity contribution in [3.63, 3.8) is 0 Å². The molecule has 2 aromatic rings. The first-order valence-electron chi connectivity index (χ1n) is 6.64. The molecule has 3 rings (SSSR count). The van der Waals surface area contributed by atoms with Crippen LogP contribution in [-0.2, 0) is 0 Å². The fraction of sp³-hybridized carbons (Fsp3) is 0.188. The lowest BCUT2D eigenvalue weighted by molar-refractivity contribution is 0.467. The number of aliphatic imine (C=N–C) groups is 1. The van der Waals surface area contributed by atoms with Crippen molar-refractivity contribution >= 4 is 5.84 Å². The van der Waals surface area contributed by atoms with Crippen molar-refractivity contribution in [1.29, 1.82) is 0 Å². The van der Waals surface area contributed by atoms with E-state index in [1.54, 1.807) is 5.01 Å². The van der Waals surface area contributed by atoms with Gasteiger partial charge in [0, 0.05) is 0 Å². The number of para-hydroxylation sites is 1. The van der Waals surface area contributed by atoms with E-state index in [1.165, 1.54) is 0 Å². The van der Waals surface area contributed by atoms with Crippen LogP contribution >= 0.6 is 0 Å². The molecule has 4 heteroatoms. The van der Waals surface area contributed by atoms with Gasteiger partial charge in [-0.25, -0.2) is 5.84 Å². The molecule has 0 amide bonds. The fourth-order valence-corrected chi connectivity index (χ4v) is 2.21. The molecule has 0 aromatic heterocycles. The summed E-state index contributed by atoms with van der Waals surface area (Å²) < 4.78 is 5.99. The van der Waals surface area contributed by atoms with Gasteiger partial charge in [0.15, 0.2) is 0 Å². The second kappa shape index (κ2) is 5.35. The summed E-state index contributed by atoms with van der Waals surface area (Å²) >= 11 is 0. The van der Waals surface area contributed by atoms with Crippen LogP contribution in [0.4, 0.5) is 0 Å². The highest BCUT2D eigenvalue weighted by Gasteiger charge is 2.19. The van der Waals surface area contributed by atoms with Gasteiger partial charge in [0.1, 0.15) is 17.3 Å². The second-order valence-corrected chi connectivity index (χ2v) is 4.81. The molecule has 0 aliphatic carbocycles. The average Bonchev–Trinajstić information content (AvgIpc) is 2.86. The van der Waals surface area contributed by atoms with E-state index < -0.39 is 0 Å². The highest BCUT2D eigenvalue weighted by atomic mass is 16.5. The molecule has 2 aromatic carbocycles. The normalized spacial score (nSPS) is 14.3. The molecular formula is C16H17N3O. The first kappa shape index (κ1) is 12.7. The molecule has 4 nitrogen and oxygen atoms in total. The Balaban J connectivity index is 1.99. The highest BCUT2D eigenvalue weighted by molar-refractivity contribution is 6.01. The SMILES string of the molecule is Cc1ccc(C2=NCCN2N)c(Oc2ccccc2)c1. The number of nitrogens with zero attached hydrogens (tertiary/aromatic N) is 2. The molecule has 0 spiro atoms. The monoisotopic (exact) mass is 267 g/mol. The van der Waals surface area contributed by atoms with E-state index in [0.29, 0.717) is 0 Å². The van der Waals surface area contributed by atoms with Gasteiger partial charge in [0.05, 0.1) is 18.7 Å². The molecule has 0 fully saturated rings. The zero-order valence-corrected chi connectivity index (χ0v) is 11.4. The zero-order chi connectivity index (χ0) is 13.9. The minimum absolute atomic E-state index is 0.727. The topological polar surface area (TPSA) is 50.8 Å². The van der Waals surface area contributed by atoms with Crippen LogP contribution in [0.25, 0.3) is 0 Å². The molecule has 0 saturated carbocycles. The summed E-state index contributed by atoms with van der Waals surface area (Å²) in [4.78, 5) is 4.46. The van der Waals surface area contributed by atoms with Crippen molar-refractivity contribution in [2.45, 2.75) is 6.92 Å². The van der Waals surface area contributed by atoms with Crippen molar-refractivity contribution < 1.29 is 4.74 Å². The Kier molecular flexibility index (Phi) is 3.39. The van der Waals surface area contributed by atoms with Crippen molar-refractivity contribution in [1.82, 2.24) is 5.01 Å². The van der Waals surface area contributed by atoms with Crippen LogP contribution in [0.1, 0.15) is 11.1 Å². The van der Waals surface area contributed by atoms with Gasteiger partial charge >= 0.3 is 0 Å². The zero-order valence-electron chi connectivity index (χ0n) is 11.4. The number of hydrogen-bond acceptors (Lipinski definition) is 4. The number of aryl methyl sites for hydroxylation is 1. The number of benzene rings is 2. The van der Waals surface area contributed by atoms with Crippen LogP contribution in [0.3, 0.4) is 0 Å². The summed E-state index contributed by atoms with van der Waals surface area (Å²) in [6, 6.07) is 15.8. The number of hydrazine groups is 1. The summed E-state index contributed by atoms with van der Waals surface area (Å²) in [5, 5.41) is 1.67. The molecule has 102 valence electrons. The van der Waals surface area contributed by atoms with Crippen LogP contribution in [0, 0.1) is 6.92 Å². The van der Waals surface area contributed by atoms with Crippen molar-refractivity contribution in [2.24, 2.45) is 10.8 Å². The van der Waals surface area contributed by atoms with Gasteiger partial charge < -0.3 is 4.74 Å². The third kappa shape index (κ3) is 2.51. The molecular weight excluding hydrogens is 250 g/mol. The third-order valence-corrected chi connectivity index (χ3v) is 3.22. The molecule has 0 saturated heterocycles. The molecule has 2 N–H and O–H groups in total. The standard InChI is InChI=1S/C16H17N3O/c1-12-7-8-14(16-18-9-10-19(16)17)15(11-12)20-13-5-3-2-4-6-13/h2-8,11H,9-10,17H2,1H3. The lowest BCUT2D eigenvalue weighted by atomic mass is 10.1. The maximum absolute atomic E-state index is 5.99. The van der Waals surface area contributed by atoms with E-state index in [9.17, 15) is 0 Å². The van der Waals surface area contributed by atoms with Gasteiger partial charge in [-0.1, -0.05) is 24.3 Å². The lowest BCUT2D eigenvalue weighted by Crippen LogP contribution is -2.35. The van der Waals surface area contributed by atoms with Crippen molar-refractivity contribution in [3.05, 3.63) is 59.7 Å². The summed E-state index contributed by atoms with van der Waals surface area (Å²) in [6.07, 6.45) is 0. The smallest absolute Gasteiger partial charge is 0.149 e. The predicted octanol–water partition coefficient (Wildman–Crippen LogP) is 2.72. The maximum atomic E-state index is 5.99. The van der Waals surface area contributed by atoms with E-state index >= 15 is 0 Å². The Morgan fingerprint density at radius 2 is 1.95 bits per heavy atom. The Morgan fingerprint density at radius 3 is 2.65 bits per heavy atom. The van der Waals surface area contributed by atoms with Crippen molar-refractivity contribution in [3.8, 4) is 11.5 Å². The molecule has 0 atom stereocenters. The Morgan fingerprint density at radius 1 is 1.15 bits per heavy atom. The number of hydrogen-bond donors (Lipinski definition) is 1. The maximum Gasteiger partial charge on any atom is 0.149 e. The second-order valence-electron chi connectivity index (χ2n) is 4.81. The van der Waals surface area contributed by atoms with Gasteiger partial charge in [-0.15, -0.1) is 0 Å². The van der Waals surface area contributed by atoms with Gasteiger partial charge in [-0.05, 0) is 36.8 Å². The number of ether oxygens (including phenoxy) is 1. The minimum Gasteiger partial charge on any atom is -0.457 e. The Hall–Kier alpha value is -2.33. The molecule has 1 aliphatic rings. The van der Waals surface area contributed by atoms with Gasteiger partial charge in [-0.2, -0.15) is 0 Å². The molecule has 0 unspecified atom stereocenters. The molecule has 1 heterocycles. The Bertz CT molecular complexity index is 637. The third-order valence-electron chi connectivity index (χ3n) is 3.22. The Labute approximate surface area is 118 Å². The first-order chi connectivity index (χ1) is 9.74. The van der Waals surface area contributed by atoms with Gasteiger partial charge in [0.25, 0.3) is 0 Å². The predicted molar refractivity (Wildman–Crippen MR) is 80.0 cm³/mol. The van der Waals surface area contributed by atoms with Crippen molar-refractivity contribution in [2.75, 3.05) is 13.1 Å². The van der Waals surface area contributed by atoms with Crippen LogP contribution in [0.15, 0.2) is 53.5 Å². The summed E-state index contributed by atoms with van der Waals surface area (Å²) in [7, 11) is 0. The van der Waals surface area contributed by atoms with Crippen LogP contribution in [-0.4, -0.2) is 23.9 Å². The molecule has 0 radical (unpaired) electrons. The van der Waals surface area contributed by atoms with E-state index in [0.717, 1.165) is 41.6 Å². The lowest BCUT2D eigenvalue weighted by Gasteiger charge is -2.17. The van der Waals surface area contributed by atoms with Crippen LogP contribution in [0.5, 0.6) is 11.5 Å². The number of rotatable bonds is 3. The molecule has 20 heavy (non-hydrogen) atoms. The highest BCUT2D eigenvalue weighted by Crippen LogP contribution is 2.28. The minimum atomic E-state index is 0.727. The van der Waals surface area contributed by atoms with E-state index in [1.807, 2.05) is 55.5 Å². The van der Waals surface area contributed by atoms with Gasteiger partial charge in [0.2, 0.25) is 0 Å². The first-order valence-corrected chi connectivity index (χ1v) is 6.64. The largest absolute Gasteiger partial charge is 0.457 e. The van der Waals surface area contributed by atoms with E-state index in [2.05, 4.69) is 4.99 Å². The molecule has 1 aliphatic heterocycles. The number of nitrogens with two attached hydrogens (primary N) is 1.